The van der Waals surface area contributed by atoms with Crippen LogP contribution < -0.4 is 0 Å². The number of benzene rings is 2. The highest BCUT2D eigenvalue weighted by Gasteiger charge is 2.21. The Balaban J connectivity index is 1.98. The number of hydrogen-bond donors (Lipinski definition) is 1. The minimum Gasteiger partial charge on any atom is -0.390 e. The van der Waals surface area contributed by atoms with Gasteiger partial charge in [0, 0.05) is 27.4 Å². The van der Waals surface area contributed by atoms with Crippen molar-refractivity contribution >= 4 is 28.9 Å². The first-order valence-electron chi connectivity index (χ1n) is 7.45. The van der Waals surface area contributed by atoms with E-state index >= 15 is 0 Å². The molecule has 0 spiro atoms. The third-order valence-electron chi connectivity index (χ3n) is 3.97. The summed E-state index contributed by atoms with van der Waals surface area (Å²) in [4.78, 5) is 9.18. The standard InChI is InChI=1S/C18H13Cl2N3O/c19-11-5-6-16-14(7-11)18(13-3-1-2-4-15(13)20)21-8-17-22-12(10-24)9-23(16)17/h1-7,9,24H,8,10H2. The second kappa shape index (κ2) is 6.06. The molecule has 4 nitrogen and oxygen atoms in total. The summed E-state index contributed by atoms with van der Waals surface area (Å²) in [6.45, 7) is 0.289. The van der Waals surface area contributed by atoms with Crippen molar-refractivity contribution in [3.8, 4) is 5.69 Å². The van der Waals surface area contributed by atoms with Gasteiger partial charge < -0.3 is 9.67 Å². The van der Waals surface area contributed by atoms with Crippen LogP contribution in [-0.4, -0.2) is 20.4 Å². The van der Waals surface area contributed by atoms with Crippen LogP contribution in [0.1, 0.15) is 22.6 Å². The third-order valence-corrected chi connectivity index (χ3v) is 4.54. The Hall–Kier alpha value is -2.14. The number of halogens is 2. The Bertz CT molecular complexity index is 963. The van der Waals surface area contributed by atoms with E-state index in [1.54, 1.807) is 0 Å². The van der Waals surface area contributed by atoms with Gasteiger partial charge in [-0.25, -0.2) is 4.98 Å². The number of aliphatic imine (C=N–C) groups is 1. The number of nitrogens with zero attached hydrogens (tertiary/aromatic N) is 3. The van der Waals surface area contributed by atoms with E-state index in [1.165, 1.54) is 0 Å². The van der Waals surface area contributed by atoms with Crippen LogP contribution in [0.3, 0.4) is 0 Å². The van der Waals surface area contributed by atoms with Crippen LogP contribution in [0.25, 0.3) is 5.69 Å². The quantitative estimate of drug-likeness (QED) is 0.752. The van der Waals surface area contributed by atoms with E-state index in [0.29, 0.717) is 22.3 Å². The fourth-order valence-corrected chi connectivity index (χ4v) is 3.29. The Kier molecular flexibility index (Phi) is 3.88. The van der Waals surface area contributed by atoms with Gasteiger partial charge in [0.2, 0.25) is 0 Å². The zero-order valence-electron chi connectivity index (χ0n) is 12.6. The van der Waals surface area contributed by atoms with E-state index in [4.69, 9.17) is 28.2 Å². The molecular formula is C18H13Cl2N3O. The van der Waals surface area contributed by atoms with Crippen molar-refractivity contribution in [2.75, 3.05) is 0 Å². The molecule has 1 aromatic heterocycles. The minimum atomic E-state index is -0.107. The molecule has 0 atom stereocenters. The normalized spacial score (nSPS) is 13.0. The predicted molar refractivity (Wildman–Crippen MR) is 95.3 cm³/mol. The lowest BCUT2D eigenvalue weighted by Gasteiger charge is -2.13. The van der Waals surface area contributed by atoms with E-state index in [-0.39, 0.29) is 6.61 Å². The number of fused-ring (bicyclic) bond motifs is 3. The Morgan fingerprint density at radius 3 is 2.71 bits per heavy atom. The summed E-state index contributed by atoms with van der Waals surface area (Å²) >= 11 is 12.6. The molecule has 3 aromatic rings. The van der Waals surface area contributed by atoms with Gasteiger partial charge in [0.05, 0.1) is 30.2 Å². The summed E-state index contributed by atoms with van der Waals surface area (Å²) in [6.07, 6.45) is 1.83. The summed E-state index contributed by atoms with van der Waals surface area (Å²) in [5.41, 5.74) is 4.06. The van der Waals surface area contributed by atoms with Crippen LogP contribution in [0.4, 0.5) is 0 Å². The van der Waals surface area contributed by atoms with Crippen molar-refractivity contribution in [3.63, 3.8) is 0 Å². The summed E-state index contributed by atoms with van der Waals surface area (Å²) in [5, 5.41) is 10.6. The van der Waals surface area contributed by atoms with E-state index < -0.39 is 0 Å². The summed E-state index contributed by atoms with van der Waals surface area (Å²) in [7, 11) is 0. The van der Waals surface area contributed by atoms with Crippen LogP contribution in [0.15, 0.2) is 53.7 Å². The molecule has 0 aliphatic carbocycles. The van der Waals surface area contributed by atoms with Crippen molar-refractivity contribution in [1.29, 1.82) is 0 Å². The molecule has 0 saturated heterocycles. The summed E-state index contributed by atoms with van der Waals surface area (Å²) < 4.78 is 1.95. The molecule has 0 amide bonds. The van der Waals surface area contributed by atoms with Crippen LogP contribution in [0, 0.1) is 0 Å². The van der Waals surface area contributed by atoms with Crippen LogP contribution >= 0.6 is 23.2 Å². The Morgan fingerprint density at radius 1 is 1.08 bits per heavy atom. The van der Waals surface area contributed by atoms with Gasteiger partial charge in [-0.05, 0) is 24.3 Å². The van der Waals surface area contributed by atoms with Gasteiger partial charge in [0.15, 0.2) is 0 Å². The number of aliphatic hydroxyl groups is 1. The van der Waals surface area contributed by atoms with Crippen molar-refractivity contribution < 1.29 is 5.11 Å². The number of aromatic nitrogens is 2. The van der Waals surface area contributed by atoms with Crippen LogP contribution in [0.2, 0.25) is 10.0 Å². The number of aliphatic hydroxyl groups excluding tert-OH is 1. The third kappa shape index (κ3) is 2.53. The maximum absolute atomic E-state index is 9.37. The van der Waals surface area contributed by atoms with Crippen LogP contribution in [-0.2, 0) is 13.2 Å². The fraction of sp³-hybridized carbons (Fsp3) is 0.111. The first-order chi connectivity index (χ1) is 11.7. The minimum absolute atomic E-state index is 0.107. The molecule has 2 heterocycles. The van der Waals surface area contributed by atoms with Gasteiger partial charge in [-0.1, -0.05) is 41.4 Å². The lowest BCUT2D eigenvalue weighted by Crippen LogP contribution is -2.07. The van der Waals surface area contributed by atoms with E-state index in [9.17, 15) is 5.11 Å². The molecule has 0 unspecified atom stereocenters. The first-order valence-corrected chi connectivity index (χ1v) is 8.20. The maximum atomic E-state index is 9.37. The summed E-state index contributed by atoms with van der Waals surface area (Å²) in [6, 6.07) is 13.3. The van der Waals surface area contributed by atoms with Crippen molar-refractivity contribution in [2.24, 2.45) is 4.99 Å². The van der Waals surface area contributed by atoms with Gasteiger partial charge in [-0.15, -0.1) is 0 Å². The monoisotopic (exact) mass is 357 g/mol. The topological polar surface area (TPSA) is 50.4 Å². The lowest BCUT2D eigenvalue weighted by atomic mass is 10.0. The van der Waals surface area contributed by atoms with Gasteiger partial charge in [-0.3, -0.25) is 4.99 Å². The molecule has 6 heteroatoms. The highest BCUT2D eigenvalue weighted by molar-refractivity contribution is 6.36. The molecule has 0 bridgehead atoms. The van der Waals surface area contributed by atoms with Gasteiger partial charge in [0.1, 0.15) is 5.82 Å². The molecule has 1 aliphatic rings. The highest BCUT2D eigenvalue weighted by Crippen LogP contribution is 2.30. The second-order valence-electron chi connectivity index (χ2n) is 5.48. The van der Waals surface area contributed by atoms with Gasteiger partial charge in [0.25, 0.3) is 0 Å². The summed E-state index contributed by atoms with van der Waals surface area (Å²) in [5.74, 6) is 0.768. The van der Waals surface area contributed by atoms with Crippen molar-refractivity contribution in [2.45, 2.75) is 13.2 Å². The van der Waals surface area contributed by atoms with Crippen molar-refractivity contribution in [3.05, 3.63) is 81.4 Å². The van der Waals surface area contributed by atoms with Crippen LogP contribution in [0.5, 0.6) is 0 Å². The SMILES string of the molecule is OCc1cn2c(n1)CN=C(c1ccccc1Cl)c1cc(Cl)ccc1-2. The molecule has 1 aliphatic heterocycles. The number of imidazole rings is 1. The van der Waals surface area contributed by atoms with E-state index in [0.717, 1.165) is 28.4 Å². The molecular weight excluding hydrogens is 345 g/mol. The highest BCUT2D eigenvalue weighted by atomic mass is 35.5. The molecule has 0 saturated carbocycles. The fourth-order valence-electron chi connectivity index (χ4n) is 2.89. The zero-order valence-corrected chi connectivity index (χ0v) is 14.1. The molecule has 0 fully saturated rings. The van der Waals surface area contributed by atoms with Gasteiger partial charge in [-0.2, -0.15) is 0 Å². The first kappa shape index (κ1) is 15.4. The zero-order chi connectivity index (χ0) is 16.7. The maximum Gasteiger partial charge on any atom is 0.135 e. The average molecular weight is 358 g/mol. The average Bonchev–Trinajstić information content (AvgIpc) is 2.94. The molecule has 1 N–H and O–H groups in total. The van der Waals surface area contributed by atoms with E-state index in [2.05, 4.69) is 4.98 Å². The molecule has 4 rings (SSSR count). The lowest BCUT2D eigenvalue weighted by molar-refractivity contribution is 0.277. The van der Waals surface area contributed by atoms with Crippen molar-refractivity contribution in [1.82, 2.24) is 9.55 Å². The van der Waals surface area contributed by atoms with Gasteiger partial charge >= 0.3 is 0 Å². The molecule has 120 valence electrons. The Labute approximate surface area is 149 Å². The number of hydrogen-bond acceptors (Lipinski definition) is 3. The predicted octanol–water partition coefficient (Wildman–Crippen LogP) is 4.02. The molecule has 0 radical (unpaired) electrons. The molecule has 2 aromatic carbocycles. The smallest absolute Gasteiger partial charge is 0.135 e. The second-order valence-corrected chi connectivity index (χ2v) is 6.33. The largest absolute Gasteiger partial charge is 0.390 e. The van der Waals surface area contributed by atoms with E-state index in [1.807, 2.05) is 53.2 Å². The number of rotatable bonds is 2. The molecule has 24 heavy (non-hydrogen) atoms. The Morgan fingerprint density at radius 2 is 1.92 bits per heavy atom.